The molecule has 10 aromatic carbocycles. The van der Waals surface area contributed by atoms with E-state index in [1.165, 1.54) is 135 Å². The van der Waals surface area contributed by atoms with Crippen molar-refractivity contribution in [3.8, 4) is 33.6 Å². The Kier molecular flexibility index (Phi) is 9.39. The van der Waals surface area contributed by atoms with E-state index in [-0.39, 0.29) is 0 Å². The van der Waals surface area contributed by atoms with E-state index in [2.05, 4.69) is 227 Å². The molecule has 0 spiro atoms. The zero-order valence-electron chi connectivity index (χ0n) is 40.4. The fourth-order valence-electron chi connectivity index (χ4n) is 12.1. The van der Waals surface area contributed by atoms with Crippen molar-refractivity contribution in [3.63, 3.8) is 0 Å². The van der Waals surface area contributed by atoms with Crippen molar-refractivity contribution < 1.29 is 4.42 Å². The van der Waals surface area contributed by atoms with Gasteiger partial charge in [0.15, 0.2) is 0 Å². The molecule has 4 heterocycles. The van der Waals surface area contributed by atoms with Gasteiger partial charge in [-0.15, -0.1) is 11.3 Å². The Morgan fingerprint density at radius 3 is 1.38 bits per heavy atom. The van der Waals surface area contributed by atoms with Crippen LogP contribution in [0, 0.1) is 41.5 Å². The van der Waals surface area contributed by atoms with E-state index in [1.54, 1.807) is 0 Å². The lowest BCUT2D eigenvalue weighted by Crippen LogP contribution is -1.94. The van der Waals surface area contributed by atoms with Crippen LogP contribution in [-0.2, 0) is 0 Å². The Labute approximate surface area is 420 Å². The summed E-state index contributed by atoms with van der Waals surface area (Å²) in [5.74, 6) is 0. The summed E-state index contributed by atoms with van der Waals surface area (Å²) in [6, 6.07) is 68.3. The molecule has 0 bridgehead atoms. The first-order chi connectivity index (χ1) is 34.6. The zero-order chi connectivity index (χ0) is 47.8. The quantitative estimate of drug-likeness (QED) is 0.166. The van der Waals surface area contributed by atoms with E-state index >= 15 is 0 Å². The first-order valence-corrected chi connectivity index (χ1v) is 26.1. The van der Waals surface area contributed by atoms with Crippen molar-refractivity contribution >= 4 is 109 Å². The minimum absolute atomic E-state index is 0.899. The average Bonchev–Trinajstić information content (AvgIpc) is 4.10. The van der Waals surface area contributed by atoms with E-state index in [4.69, 9.17) is 4.42 Å². The van der Waals surface area contributed by atoms with Crippen molar-refractivity contribution in [2.75, 3.05) is 0 Å². The summed E-state index contributed by atoms with van der Waals surface area (Å²) in [4.78, 5) is 2.40. The molecule has 0 radical (unpaired) electrons. The Bertz CT molecular complexity index is 4240. The summed E-state index contributed by atoms with van der Waals surface area (Å²) in [6.07, 6.45) is 0. The van der Waals surface area contributed by atoms with Crippen LogP contribution in [-0.4, -0.2) is 9.13 Å². The van der Waals surface area contributed by atoms with Crippen LogP contribution in [0.15, 0.2) is 196 Å². The molecule has 340 valence electrons. The highest BCUT2D eigenvalue weighted by Gasteiger charge is 2.20. The molecular weight excluding hydrogens is 901 g/mol. The second kappa shape index (κ2) is 15.8. The molecular formula is C66H48N2OS2. The predicted octanol–water partition coefficient (Wildman–Crippen LogP) is 19.5. The fourth-order valence-corrected chi connectivity index (χ4v) is 14.1. The van der Waals surface area contributed by atoms with Gasteiger partial charge in [-0.25, -0.2) is 0 Å². The lowest BCUT2D eigenvalue weighted by molar-refractivity contribution is 0.669. The molecule has 0 unspecified atom stereocenters. The van der Waals surface area contributed by atoms with Gasteiger partial charge in [0.25, 0.3) is 0 Å². The molecule has 0 amide bonds. The third-order valence-electron chi connectivity index (χ3n) is 14.9. The molecule has 0 fully saturated rings. The Morgan fingerprint density at radius 1 is 0.352 bits per heavy atom. The highest BCUT2D eigenvalue weighted by Crippen LogP contribution is 2.44. The fraction of sp³-hybridized carbons (Fsp3) is 0.0909. The SMILES string of the molecule is Cc1cc(C)c(-c2ccc3c(c2)c2cc(Sc4ccc5c(c4)c4cc(-c6c(C)cc(C)cc6C)ccc4n5-c4ccc5sc6ccccc6c5c4)ccc2n3-c2ccc3oc4ccccc4c3c2)c(C)c1. The molecule has 0 aliphatic heterocycles. The molecule has 5 heteroatoms. The van der Waals surface area contributed by atoms with Crippen molar-refractivity contribution in [3.05, 3.63) is 215 Å². The van der Waals surface area contributed by atoms with Crippen LogP contribution >= 0.6 is 23.1 Å². The highest BCUT2D eigenvalue weighted by molar-refractivity contribution is 7.99. The second-order valence-electron chi connectivity index (χ2n) is 19.7. The summed E-state index contributed by atoms with van der Waals surface area (Å²) in [6.45, 7) is 13.4. The van der Waals surface area contributed by atoms with Gasteiger partial charge in [0.2, 0.25) is 0 Å². The minimum Gasteiger partial charge on any atom is -0.456 e. The predicted molar refractivity (Wildman–Crippen MR) is 305 cm³/mol. The number of hydrogen-bond donors (Lipinski definition) is 0. The lowest BCUT2D eigenvalue weighted by Gasteiger charge is -2.13. The van der Waals surface area contributed by atoms with Crippen molar-refractivity contribution in [1.29, 1.82) is 0 Å². The number of fused-ring (bicyclic) bond motifs is 12. The maximum atomic E-state index is 6.29. The van der Waals surface area contributed by atoms with Crippen molar-refractivity contribution in [2.45, 2.75) is 51.3 Å². The van der Waals surface area contributed by atoms with Crippen LogP contribution in [0.1, 0.15) is 33.4 Å². The van der Waals surface area contributed by atoms with Gasteiger partial charge < -0.3 is 13.6 Å². The first-order valence-electron chi connectivity index (χ1n) is 24.5. The number of aryl methyl sites for hydroxylation is 6. The van der Waals surface area contributed by atoms with E-state index in [9.17, 15) is 0 Å². The van der Waals surface area contributed by atoms with Gasteiger partial charge >= 0.3 is 0 Å². The van der Waals surface area contributed by atoms with E-state index in [0.717, 1.165) is 27.6 Å². The van der Waals surface area contributed by atoms with Gasteiger partial charge in [-0.05, 0) is 195 Å². The summed E-state index contributed by atoms with van der Waals surface area (Å²) < 4.78 is 13.8. The van der Waals surface area contributed by atoms with E-state index in [0.29, 0.717) is 0 Å². The normalized spacial score (nSPS) is 12.1. The topological polar surface area (TPSA) is 23.0 Å². The van der Waals surface area contributed by atoms with Gasteiger partial charge in [-0.1, -0.05) is 95.7 Å². The lowest BCUT2D eigenvalue weighted by atomic mass is 9.93. The van der Waals surface area contributed by atoms with Crippen molar-refractivity contribution in [1.82, 2.24) is 9.13 Å². The van der Waals surface area contributed by atoms with Crippen LogP contribution in [0.3, 0.4) is 0 Å². The van der Waals surface area contributed by atoms with Crippen LogP contribution < -0.4 is 0 Å². The van der Waals surface area contributed by atoms with Gasteiger partial charge in [-0.2, -0.15) is 0 Å². The number of benzene rings is 10. The molecule has 0 saturated carbocycles. The summed E-state index contributed by atoms with van der Waals surface area (Å²) in [5, 5.41) is 9.83. The van der Waals surface area contributed by atoms with Gasteiger partial charge in [0, 0.05) is 73.7 Å². The van der Waals surface area contributed by atoms with Crippen LogP contribution in [0.2, 0.25) is 0 Å². The highest BCUT2D eigenvalue weighted by atomic mass is 32.2. The second-order valence-corrected chi connectivity index (χ2v) is 21.9. The third-order valence-corrected chi connectivity index (χ3v) is 17.0. The van der Waals surface area contributed by atoms with E-state index in [1.807, 2.05) is 29.2 Å². The van der Waals surface area contributed by atoms with E-state index < -0.39 is 0 Å². The smallest absolute Gasteiger partial charge is 0.135 e. The van der Waals surface area contributed by atoms with Crippen LogP contribution in [0.4, 0.5) is 0 Å². The zero-order valence-corrected chi connectivity index (χ0v) is 42.1. The summed E-state index contributed by atoms with van der Waals surface area (Å²) in [5.41, 5.74) is 21.8. The molecule has 4 aromatic heterocycles. The molecule has 0 saturated heterocycles. The number of nitrogens with zero attached hydrogens (tertiary/aromatic N) is 2. The van der Waals surface area contributed by atoms with Gasteiger partial charge in [0.1, 0.15) is 11.2 Å². The molecule has 71 heavy (non-hydrogen) atoms. The monoisotopic (exact) mass is 948 g/mol. The Morgan fingerprint density at radius 2 is 0.803 bits per heavy atom. The molecule has 0 N–H and O–H groups in total. The summed E-state index contributed by atoms with van der Waals surface area (Å²) >= 11 is 3.71. The Hall–Kier alpha value is -7.83. The molecule has 0 atom stereocenters. The molecule has 0 aliphatic rings. The number of hydrogen-bond acceptors (Lipinski definition) is 3. The summed E-state index contributed by atoms with van der Waals surface area (Å²) in [7, 11) is 0. The maximum Gasteiger partial charge on any atom is 0.135 e. The minimum atomic E-state index is 0.899. The molecule has 14 rings (SSSR count). The standard InChI is InChI=1S/C66H48N2OS2/c1-37-27-39(3)65(40(4)28-37)43-15-21-57-51(31-43)53-35-47(19-23-59(53)67(57)45-17-25-62-55(33-45)49-11-7-9-13-61(49)69-62)70-48-20-24-60-54(36-48)52-32-44(66-41(5)29-38(2)30-42(66)6)16-22-58(52)68(60)46-18-26-64-56(34-46)50-12-8-10-14-63(50)71-64/h7-36H,1-6H3. The number of para-hydroxylation sites is 1. The number of aromatic nitrogens is 2. The molecule has 0 aliphatic carbocycles. The van der Waals surface area contributed by atoms with Crippen molar-refractivity contribution in [2.24, 2.45) is 0 Å². The van der Waals surface area contributed by atoms with Gasteiger partial charge in [-0.3, -0.25) is 0 Å². The maximum absolute atomic E-state index is 6.29. The third kappa shape index (κ3) is 6.64. The average molecular weight is 949 g/mol. The Balaban J connectivity index is 0.945. The van der Waals surface area contributed by atoms with Crippen LogP contribution in [0.25, 0.3) is 119 Å². The number of furan rings is 1. The molecule has 3 nitrogen and oxygen atoms in total. The van der Waals surface area contributed by atoms with Crippen LogP contribution in [0.5, 0.6) is 0 Å². The molecule has 14 aromatic rings. The van der Waals surface area contributed by atoms with Gasteiger partial charge in [0.05, 0.1) is 22.1 Å². The number of rotatable bonds is 6. The first kappa shape index (κ1) is 42.1. The largest absolute Gasteiger partial charge is 0.456 e. The number of thiophene rings is 1.